The second-order valence-electron chi connectivity index (χ2n) is 4.29. The van der Waals surface area contributed by atoms with Crippen LogP contribution in [0.1, 0.15) is 24.2 Å². The number of hydrogen-bond donors (Lipinski definition) is 1. The fourth-order valence-corrected chi connectivity index (χ4v) is 2.75. The van der Waals surface area contributed by atoms with Gasteiger partial charge in [-0.1, -0.05) is 44.2 Å². The summed E-state index contributed by atoms with van der Waals surface area (Å²) >= 11 is 0. The number of nitrogens with one attached hydrogen (secondary N) is 1. The molecule has 0 bridgehead atoms. The van der Waals surface area contributed by atoms with E-state index in [4.69, 9.17) is 0 Å². The third-order valence-electron chi connectivity index (χ3n) is 2.10. The molecule has 0 heterocycles. The molecule has 1 aromatic rings. The number of rotatable bonds is 6. The molecule has 0 aliphatic carbocycles. The Labute approximate surface area is 102 Å². The predicted molar refractivity (Wildman–Crippen MR) is 67.4 cm³/mol. The zero-order chi connectivity index (χ0) is 12.9. The van der Waals surface area contributed by atoms with Crippen molar-refractivity contribution in [3.8, 4) is 0 Å². The Hall–Kier alpha value is -1.20. The summed E-state index contributed by atoms with van der Waals surface area (Å²) in [6.07, 6.45) is 0. The van der Waals surface area contributed by atoms with E-state index >= 15 is 0 Å². The maximum absolute atomic E-state index is 11.7. The summed E-state index contributed by atoms with van der Waals surface area (Å²) in [6.45, 7) is 3.45. The molecule has 1 N–H and O–H groups in total. The molecule has 0 fully saturated rings. The van der Waals surface area contributed by atoms with Gasteiger partial charge < -0.3 is 0 Å². The lowest BCUT2D eigenvalue weighted by Crippen LogP contribution is -2.33. The molecule has 0 unspecified atom stereocenters. The highest BCUT2D eigenvalue weighted by Gasteiger charge is 2.14. The lowest BCUT2D eigenvalue weighted by molar-refractivity contribution is 0.0997. The van der Waals surface area contributed by atoms with Gasteiger partial charge in [0.15, 0.2) is 5.78 Å². The van der Waals surface area contributed by atoms with Gasteiger partial charge in [0.05, 0.1) is 12.3 Å². The second-order valence-corrected chi connectivity index (χ2v) is 6.14. The molecule has 0 saturated heterocycles. The van der Waals surface area contributed by atoms with Crippen molar-refractivity contribution in [2.45, 2.75) is 13.8 Å². The first-order chi connectivity index (χ1) is 7.91. The van der Waals surface area contributed by atoms with Crippen molar-refractivity contribution in [3.05, 3.63) is 35.9 Å². The summed E-state index contributed by atoms with van der Waals surface area (Å²) in [7, 11) is -3.35. The van der Waals surface area contributed by atoms with E-state index in [0.29, 0.717) is 5.56 Å². The molecule has 5 heteroatoms. The second kappa shape index (κ2) is 5.93. The van der Waals surface area contributed by atoms with Gasteiger partial charge in [-0.3, -0.25) is 4.79 Å². The highest BCUT2D eigenvalue weighted by Crippen LogP contribution is 2.01. The van der Waals surface area contributed by atoms with E-state index in [1.54, 1.807) is 30.3 Å². The van der Waals surface area contributed by atoms with Gasteiger partial charge in [0.1, 0.15) is 0 Å². The molecule has 0 saturated carbocycles. The predicted octanol–water partition coefficient (Wildman–Crippen LogP) is 1.44. The number of ketones is 1. The third kappa shape index (κ3) is 5.10. The van der Waals surface area contributed by atoms with Crippen LogP contribution in [-0.4, -0.2) is 26.5 Å². The van der Waals surface area contributed by atoms with Crippen LogP contribution in [-0.2, 0) is 10.0 Å². The van der Waals surface area contributed by atoms with Crippen LogP contribution in [0.4, 0.5) is 0 Å². The highest BCUT2D eigenvalue weighted by molar-refractivity contribution is 7.89. The molecule has 0 spiro atoms. The van der Waals surface area contributed by atoms with Crippen molar-refractivity contribution in [1.29, 1.82) is 0 Å². The monoisotopic (exact) mass is 255 g/mol. The molecule has 4 nitrogen and oxygen atoms in total. The smallest absolute Gasteiger partial charge is 0.212 e. The van der Waals surface area contributed by atoms with Crippen LogP contribution in [0.25, 0.3) is 0 Å². The first kappa shape index (κ1) is 13.9. The Morgan fingerprint density at radius 2 is 1.82 bits per heavy atom. The molecule has 0 aliphatic heterocycles. The summed E-state index contributed by atoms with van der Waals surface area (Å²) in [5.41, 5.74) is 0.514. The number of carbonyl (C=O) groups excluding carboxylic acids is 1. The van der Waals surface area contributed by atoms with E-state index in [1.807, 2.05) is 13.8 Å². The molecule has 0 aromatic heterocycles. The van der Waals surface area contributed by atoms with Crippen molar-refractivity contribution in [3.63, 3.8) is 0 Å². The van der Waals surface area contributed by atoms with Crippen LogP contribution >= 0.6 is 0 Å². The van der Waals surface area contributed by atoms with Gasteiger partial charge in [0.25, 0.3) is 0 Å². The van der Waals surface area contributed by atoms with Crippen molar-refractivity contribution < 1.29 is 13.2 Å². The van der Waals surface area contributed by atoms with E-state index in [9.17, 15) is 13.2 Å². The zero-order valence-electron chi connectivity index (χ0n) is 10.0. The van der Waals surface area contributed by atoms with Gasteiger partial charge in [0.2, 0.25) is 10.0 Å². The molecule has 1 aromatic carbocycles. The molecule has 94 valence electrons. The Bertz CT molecular complexity index is 466. The Balaban J connectivity index is 2.55. The molecule has 17 heavy (non-hydrogen) atoms. The number of carbonyl (C=O) groups is 1. The standard InChI is InChI=1S/C12H17NO3S/c1-10(2)9-17(15,16)13-8-12(14)11-6-4-3-5-7-11/h3-7,10,13H,8-9H2,1-2H3. The summed E-state index contributed by atoms with van der Waals surface area (Å²) in [5.74, 6) is -0.146. The van der Waals surface area contributed by atoms with Crippen LogP contribution in [0.15, 0.2) is 30.3 Å². The zero-order valence-corrected chi connectivity index (χ0v) is 10.8. The van der Waals surface area contributed by atoms with Crippen LogP contribution in [0, 0.1) is 5.92 Å². The number of benzene rings is 1. The fraction of sp³-hybridized carbons (Fsp3) is 0.417. The van der Waals surface area contributed by atoms with E-state index in [2.05, 4.69) is 4.72 Å². The minimum Gasteiger partial charge on any atom is -0.293 e. The maximum Gasteiger partial charge on any atom is 0.212 e. The Morgan fingerprint density at radius 1 is 1.24 bits per heavy atom. The number of hydrogen-bond acceptors (Lipinski definition) is 3. The largest absolute Gasteiger partial charge is 0.293 e. The average molecular weight is 255 g/mol. The van der Waals surface area contributed by atoms with Crippen LogP contribution in [0.3, 0.4) is 0 Å². The van der Waals surface area contributed by atoms with Crippen LogP contribution < -0.4 is 4.72 Å². The van der Waals surface area contributed by atoms with Gasteiger partial charge >= 0.3 is 0 Å². The SMILES string of the molecule is CC(C)CS(=O)(=O)NCC(=O)c1ccccc1. The molecule has 0 aliphatic rings. The van der Waals surface area contributed by atoms with Crippen molar-refractivity contribution in [1.82, 2.24) is 4.72 Å². The van der Waals surface area contributed by atoms with Gasteiger partial charge in [0, 0.05) is 5.56 Å². The summed E-state index contributed by atoms with van der Waals surface area (Å²) in [6, 6.07) is 8.63. The lowest BCUT2D eigenvalue weighted by atomic mass is 10.1. The first-order valence-electron chi connectivity index (χ1n) is 5.46. The average Bonchev–Trinajstić information content (AvgIpc) is 2.25. The Morgan fingerprint density at radius 3 is 2.35 bits per heavy atom. The van der Waals surface area contributed by atoms with Gasteiger partial charge in [-0.25, -0.2) is 13.1 Å². The number of Topliss-reactive ketones (excluding diaryl/α,β-unsaturated/α-hetero) is 1. The van der Waals surface area contributed by atoms with E-state index in [-0.39, 0.29) is 24.0 Å². The minimum absolute atomic E-state index is 0.0368. The molecule has 1 rings (SSSR count). The van der Waals surface area contributed by atoms with Crippen molar-refractivity contribution in [2.24, 2.45) is 5.92 Å². The molecule has 0 radical (unpaired) electrons. The quantitative estimate of drug-likeness (QED) is 0.782. The summed E-state index contributed by atoms with van der Waals surface area (Å²) < 4.78 is 25.3. The topological polar surface area (TPSA) is 63.2 Å². The third-order valence-corrected chi connectivity index (χ3v) is 3.79. The van der Waals surface area contributed by atoms with Gasteiger partial charge in [-0.2, -0.15) is 0 Å². The molecular weight excluding hydrogens is 238 g/mol. The number of sulfonamides is 1. The molecular formula is C12H17NO3S. The molecule has 0 amide bonds. The van der Waals surface area contributed by atoms with E-state index in [1.165, 1.54) is 0 Å². The first-order valence-corrected chi connectivity index (χ1v) is 7.11. The normalized spacial score (nSPS) is 11.7. The summed E-state index contributed by atoms with van der Waals surface area (Å²) in [5, 5.41) is 0. The van der Waals surface area contributed by atoms with Crippen LogP contribution in [0.2, 0.25) is 0 Å². The van der Waals surface area contributed by atoms with Crippen molar-refractivity contribution in [2.75, 3.05) is 12.3 Å². The minimum atomic E-state index is -3.35. The Kier molecular flexibility index (Phi) is 4.84. The van der Waals surface area contributed by atoms with Crippen molar-refractivity contribution >= 4 is 15.8 Å². The maximum atomic E-state index is 11.7. The lowest BCUT2D eigenvalue weighted by Gasteiger charge is -2.08. The molecule has 0 atom stereocenters. The van der Waals surface area contributed by atoms with Gasteiger partial charge in [-0.15, -0.1) is 0 Å². The van der Waals surface area contributed by atoms with E-state index in [0.717, 1.165) is 0 Å². The summed E-state index contributed by atoms with van der Waals surface area (Å²) in [4.78, 5) is 11.7. The van der Waals surface area contributed by atoms with E-state index < -0.39 is 10.0 Å². The van der Waals surface area contributed by atoms with Crippen LogP contribution in [0.5, 0.6) is 0 Å². The fourth-order valence-electron chi connectivity index (χ4n) is 1.40. The highest BCUT2D eigenvalue weighted by atomic mass is 32.2. The van der Waals surface area contributed by atoms with Gasteiger partial charge in [-0.05, 0) is 5.92 Å².